The number of nitrogens with zero attached hydrogens (tertiary/aromatic N) is 2. The number of carbonyl (C=O) groups excluding carboxylic acids is 1. The SMILES string of the molecule is O=C(NCCO)c1cnc2scc(-c3ccccc3)n2c1=O. The maximum atomic E-state index is 12.6. The van der Waals surface area contributed by atoms with Gasteiger partial charge in [-0.25, -0.2) is 4.98 Å². The van der Waals surface area contributed by atoms with Gasteiger partial charge in [0.25, 0.3) is 11.5 Å². The lowest BCUT2D eigenvalue weighted by Gasteiger charge is -2.05. The standard InChI is InChI=1S/C15H13N3O3S/c19-7-6-16-13(20)11-8-17-15-18(14(11)21)12(9-22-15)10-4-2-1-3-5-10/h1-5,8-9,19H,6-7H2,(H,16,20). The number of aromatic nitrogens is 2. The monoisotopic (exact) mass is 315 g/mol. The summed E-state index contributed by atoms with van der Waals surface area (Å²) >= 11 is 1.34. The number of aliphatic hydroxyl groups is 1. The molecular weight excluding hydrogens is 302 g/mol. The molecule has 0 saturated carbocycles. The van der Waals surface area contributed by atoms with Crippen LogP contribution in [0.1, 0.15) is 10.4 Å². The molecule has 0 saturated heterocycles. The Morgan fingerprint density at radius 3 is 2.82 bits per heavy atom. The average Bonchev–Trinajstić information content (AvgIpc) is 2.99. The van der Waals surface area contributed by atoms with E-state index in [9.17, 15) is 9.59 Å². The van der Waals surface area contributed by atoms with Gasteiger partial charge in [-0.15, -0.1) is 11.3 Å². The van der Waals surface area contributed by atoms with Crippen molar-refractivity contribution >= 4 is 22.2 Å². The maximum absolute atomic E-state index is 12.6. The Balaban J connectivity index is 2.14. The number of thiazole rings is 1. The Morgan fingerprint density at radius 2 is 2.09 bits per heavy atom. The predicted molar refractivity (Wildman–Crippen MR) is 84.2 cm³/mol. The van der Waals surface area contributed by atoms with Gasteiger partial charge in [0, 0.05) is 18.1 Å². The minimum atomic E-state index is -0.536. The van der Waals surface area contributed by atoms with Crippen LogP contribution in [0, 0.1) is 0 Å². The number of fused-ring (bicyclic) bond motifs is 1. The topological polar surface area (TPSA) is 83.7 Å². The van der Waals surface area contributed by atoms with E-state index in [4.69, 9.17) is 5.11 Å². The second-order valence-electron chi connectivity index (χ2n) is 4.56. The van der Waals surface area contributed by atoms with Gasteiger partial charge in [0.15, 0.2) is 4.96 Å². The van der Waals surface area contributed by atoms with Gasteiger partial charge in [-0.3, -0.25) is 14.0 Å². The fourth-order valence-corrected chi connectivity index (χ4v) is 2.98. The van der Waals surface area contributed by atoms with Crippen molar-refractivity contribution in [3.05, 3.63) is 57.8 Å². The highest BCUT2D eigenvalue weighted by molar-refractivity contribution is 7.15. The number of nitrogens with one attached hydrogen (secondary N) is 1. The lowest BCUT2D eigenvalue weighted by molar-refractivity contribution is 0.0943. The number of aliphatic hydroxyl groups excluding tert-OH is 1. The Labute approximate surface area is 129 Å². The number of hydrogen-bond acceptors (Lipinski definition) is 5. The van der Waals surface area contributed by atoms with Crippen LogP contribution in [-0.4, -0.2) is 33.6 Å². The van der Waals surface area contributed by atoms with E-state index in [1.165, 1.54) is 21.9 Å². The molecule has 0 unspecified atom stereocenters. The summed E-state index contributed by atoms with van der Waals surface area (Å²) < 4.78 is 1.44. The molecule has 7 heteroatoms. The van der Waals surface area contributed by atoms with Crippen LogP contribution < -0.4 is 10.9 Å². The molecule has 0 bridgehead atoms. The third-order valence-corrected chi connectivity index (χ3v) is 4.00. The van der Waals surface area contributed by atoms with Crippen molar-refractivity contribution in [2.75, 3.05) is 13.2 Å². The normalized spacial score (nSPS) is 10.8. The third kappa shape index (κ3) is 2.51. The molecule has 1 amide bonds. The van der Waals surface area contributed by atoms with Gasteiger partial charge in [0.05, 0.1) is 12.3 Å². The van der Waals surface area contributed by atoms with Crippen LogP contribution in [0.3, 0.4) is 0 Å². The van der Waals surface area contributed by atoms with Crippen LogP contribution in [0.4, 0.5) is 0 Å². The average molecular weight is 315 g/mol. The van der Waals surface area contributed by atoms with Crippen molar-refractivity contribution in [1.82, 2.24) is 14.7 Å². The number of benzene rings is 1. The summed E-state index contributed by atoms with van der Waals surface area (Å²) in [5.74, 6) is -0.536. The van der Waals surface area contributed by atoms with E-state index in [1.54, 1.807) is 0 Å². The highest BCUT2D eigenvalue weighted by Gasteiger charge is 2.16. The molecule has 3 aromatic rings. The summed E-state index contributed by atoms with van der Waals surface area (Å²) in [6.07, 6.45) is 1.27. The summed E-state index contributed by atoms with van der Waals surface area (Å²) in [5.41, 5.74) is 1.13. The highest BCUT2D eigenvalue weighted by atomic mass is 32.1. The Morgan fingerprint density at radius 1 is 1.32 bits per heavy atom. The molecule has 0 aliphatic heterocycles. The molecule has 3 rings (SSSR count). The molecule has 0 aliphatic rings. The van der Waals surface area contributed by atoms with Crippen molar-refractivity contribution in [3.63, 3.8) is 0 Å². The molecule has 0 atom stereocenters. The zero-order valence-electron chi connectivity index (χ0n) is 11.5. The molecule has 2 N–H and O–H groups in total. The summed E-state index contributed by atoms with van der Waals surface area (Å²) in [4.78, 5) is 29.3. The molecule has 1 aromatic carbocycles. The molecule has 0 spiro atoms. The summed E-state index contributed by atoms with van der Waals surface area (Å²) in [5, 5.41) is 13.1. The second kappa shape index (κ2) is 6.08. The van der Waals surface area contributed by atoms with Crippen LogP contribution >= 0.6 is 11.3 Å². The molecule has 22 heavy (non-hydrogen) atoms. The second-order valence-corrected chi connectivity index (χ2v) is 5.40. The predicted octanol–water partition coefficient (Wildman–Crippen LogP) is 1.15. The Bertz CT molecular complexity index is 871. The zero-order chi connectivity index (χ0) is 15.5. The Hall–Kier alpha value is -2.51. The van der Waals surface area contributed by atoms with E-state index in [2.05, 4.69) is 10.3 Å². The molecular formula is C15H13N3O3S. The van der Waals surface area contributed by atoms with Gasteiger partial charge >= 0.3 is 0 Å². The van der Waals surface area contributed by atoms with E-state index in [0.717, 1.165) is 5.56 Å². The maximum Gasteiger partial charge on any atom is 0.271 e. The first-order chi connectivity index (χ1) is 10.7. The Kier molecular flexibility index (Phi) is 3.99. The number of rotatable bonds is 4. The van der Waals surface area contributed by atoms with Gasteiger partial charge in [-0.05, 0) is 5.56 Å². The van der Waals surface area contributed by atoms with E-state index in [-0.39, 0.29) is 18.7 Å². The first kappa shape index (κ1) is 14.4. The van der Waals surface area contributed by atoms with E-state index in [0.29, 0.717) is 10.7 Å². The molecule has 2 aromatic heterocycles. The lowest BCUT2D eigenvalue weighted by atomic mass is 10.2. The molecule has 0 radical (unpaired) electrons. The highest BCUT2D eigenvalue weighted by Crippen LogP contribution is 2.23. The number of amides is 1. The zero-order valence-corrected chi connectivity index (χ0v) is 12.3. The molecule has 6 nitrogen and oxygen atoms in total. The van der Waals surface area contributed by atoms with Crippen LogP contribution in [0.25, 0.3) is 16.2 Å². The van der Waals surface area contributed by atoms with Crippen molar-refractivity contribution in [2.24, 2.45) is 0 Å². The van der Waals surface area contributed by atoms with Gasteiger partial charge in [0.1, 0.15) is 5.56 Å². The van der Waals surface area contributed by atoms with E-state index >= 15 is 0 Å². The molecule has 0 fully saturated rings. The molecule has 112 valence electrons. The smallest absolute Gasteiger partial charge is 0.271 e. The van der Waals surface area contributed by atoms with Crippen molar-refractivity contribution in [3.8, 4) is 11.3 Å². The fraction of sp³-hybridized carbons (Fsp3) is 0.133. The number of carbonyl (C=O) groups is 1. The van der Waals surface area contributed by atoms with Crippen LogP contribution in [0.2, 0.25) is 0 Å². The van der Waals surface area contributed by atoms with E-state index in [1.807, 2.05) is 35.7 Å². The van der Waals surface area contributed by atoms with E-state index < -0.39 is 11.5 Å². The molecule has 2 heterocycles. The fourth-order valence-electron chi connectivity index (χ4n) is 2.12. The quantitative estimate of drug-likeness (QED) is 0.756. The number of hydrogen-bond donors (Lipinski definition) is 2. The summed E-state index contributed by atoms with van der Waals surface area (Å²) in [6.45, 7) is -0.0907. The van der Waals surface area contributed by atoms with Crippen LogP contribution in [0.15, 0.2) is 46.7 Å². The van der Waals surface area contributed by atoms with Gasteiger partial charge < -0.3 is 10.4 Å². The van der Waals surface area contributed by atoms with Crippen molar-refractivity contribution in [1.29, 1.82) is 0 Å². The molecule has 0 aliphatic carbocycles. The summed E-state index contributed by atoms with van der Waals surface area (Å²) in [6, 6.07) is 9.45. The minimum absolute atomic E-state index is 0.0402. The van der Waals surface area contributed by atoms with Crippen molar-refractivity contribution in [2.45, 2.75) is 0 Å². The summed E-state index contributed by atoms with van der Waals surface area (Å²) in [7, 11) is 0. The van der Waals surface area contributed by atoms with Crippen molar-refractivity contribution < 1.29 is 9.90 Å². The first-order valence-electron chi connectivity index (χ1n) is 6.66. The van der Waals surface area contributed by atoms with Gasteiger partial charge in [-0.2, -0.15) is 0 Å². The third-order valence-electron chi connectivity index (χ3n) is 3.16. The van der Waals surface area contributed by atoms with Crippen LogP contribution in [-0.2, 0) is 0 Å². The largest absolute Gasteiger partial charge is 0.395 e. The first-order valence-corrected chi connectivity index (χ1v) is 7.54. The lowest BCUT2D eigenvalue weighted by Crippen LogP contribution is -2.33. The van der Waals surface area contributed by atoms with Crippen LogP contribution in [0.5, 0.6) is 0 Å². The van der Waals surface area contributed by atoms with Gasteiger partial charge in [-0.1, -0.05) is 30.3 Å². The minimum Gasteiger partial charge on any atom is -0.395 e. The van der Waals surface area contributed by atoms with Gasteiger partial charge in [0.2, 0.25) is 0 Å².